The van der Waals surface area contributed by atoms with Gasteiger partial charge in [0, 0.05) is 19.3 Å². The van der Waals surface area contributed by atoms with Crippen LogP contribution in [0.3, 0.4) is 0 Å². The first-order chi connectivity index (χ1) is 8.77. The summed E-state index contributed by atoms with van der Waals surface area (Å²) in [6.45, 7) is 6.48. The van der Waals surface area contributed by atoms with Gasteiger partial charge in [0.1, 0.15) is 5.82 Å². The highest BCUT2D eigenvalue weighted by molar-refractivity contribution is 5.64. The summed E-state index contributed by atoms with van der Waals surface area (Å²) < 4.78 is 0. The number of nitrogens with two attached hydrogens (primary N) is 1. The molecule has 0 unspecified atom stereocenters. The molecular weight excluding hydrogens is 224 g/mol. The molecule has 0 aromatic carbocycles. The number of pyridine rings is 1. The molecule has 1 fully saturated rings. The SMILES string of the molecule is Cc1ccnc(NCCN2CCCCCC2)c1N. The molecule has 0 saturated carbocycles. The van der Waals surface area contributed by atoms with Crippen molar-refractivity contribution in [2.45, 2.75) is 32.6 Å². The number of aromatic nitrogens is 1. The van der Waals surface area contributed by atoms with Crippen molar-refractivity contribution in [3.8, 4) is 0 Å². The molecule has 1 aliphatic heterocycles. The van der Waals surface area contributed by atoms with Crippen LogP contribution in [0.2, 0.25) is 0 Å². The number of likely N-dealkylation sites (tertiary alicyclic amines) is 1. The van der Waals surface area contributed by atoms with Crippen LogP contribution in [0.4, 0.5) is 11.5 Å². The van der Waals surface area contributed by atoms with Crippen LogP contribution in [0.1, 0.15) is 31.2 Å². The summed E-state index contributed by atoms with van der Waals surface area (Å²) in [7, 11) is 0. The molecule has 1 aromatic rings. The van der Waals surface area contributed by atoms with Gasteiger partial charge in [-0.05, 0) is 44.5 Å². The quantitative estimate of drug-likeness (QED) is 0.858. The number of hydrogen-bond donors (Lipinski definition) is 2. The van der Waals surface area contributed by atoms with Gasteiger partial charge < -0.3 is 16.0 Å². The fourth-order valence-corrected chi connectivity index (χ4v) is 2.40. The van der Waals surface area contributed by atoms with Crippen molar-refractivity contribution < 1.29 is 0 Å². The second-order valence-corrected chi connectivity index (χ2v) is 5.07. The van der Waals surface area contributed by atoms with Gasteiger partial charge in [-0.15, -0.1) is 0 Å². The Morgan fingerprint density at radius 2 is 2.00 bits per heavy atom. The topological polar surface area (TPSA) is 54.2 Å². The van der Waals surface area contributed by atoms with Crippen LogP contribution in [-0.2, 0) is 0 Å². The van der Waals surface area contributed by atoms with Crippen LogP contribution >= 0.6 is 0 Å². The normalized spacial score (nSPS) is 17.4. The van der Waals surface area contributed by atoms with Gasteiger partial charge in [-0.25, -0.2) is 4.98 Å². The molecular formula is C14H24N4. The minimum atomic E-state index is 0.772. The molecule has 18 heavy (non-hydrogen) atoms. The third kappa shape index (κ3) is 3.60. The lowest BCUT2D eigenvalue weighted by Gasteiger charge is -2.20. The highest BCUT2D eigenvalue weighted by atomic mass is 15.1. The van der Waals surface area contributed by atoms with Crippen molar-refractivity contribution >= 4 is 11.5 Å². The fourth-order valence-electron chi connectivity index (χ4n) is 2.40. The van der Waals surface area contributed by atoms with E-state index in [0.29, 0.717) is 0 Å². The minimum Gasteiger partial charge on any atom is -0.396 e. The van der Waals surface area contributed by atoms with Gasteiger partial charge in [-0.3, -0.25) is 0 Å². The van der Waals surface area contributed by atoms with E-state index in [1.165, 1.54) is 38.8 Å². The predicted molar refractivity (Wildman–Crippen MR) is 76.8 cm³/mol. The summed E-state index contributed by atoms with van der Waals surface area (Å²) in [5, 5.41) is 3.34. The van der Waals surface area contributed by atoms with Gasteiger partial charge in [0.25, 0.3) is 0 Å². The van der Waals surface area contributed by atoms with Crippen LogP contribution in [0.5, 0.6) is 0 Å². The Labute approximate surface area is 110 Å². The zero-order valence-corrected chi connectivity index (χ0v) is 11.3. The van der Waals surface area contributed by atoms with Crippen LogP contribution in [0, 0.1) is 6.92 Å². The minimum absolute atomic E-state index is 0.772. The molecule has 0 radical (unpaired) electrons. The van der Waals surface area contributed by atoms with Crippen molar-refractivity contribution in [3.63, 3.8) is 0 Å². The van der Waals surface area contributed by atoms with Gasteiger partial charge in [0.05, 0.1) is 5.69 Å². The van der Waals surface area contributed by atoms with Gasteiger partial charge in [0.2, 0.25) is 0 Å². The lowest BCUT2D eigenvalue weighted by molar-refractivity contribution is 0.296. The van der Waals surface area contributed by atoms with Crippen molar-refractivity contribution in [2.75, 3.05) is 37.2 Å². The van der Waals surface area contributed by atoms with E-state index in [9.17, 15) is 0 Å². The molecule has 100 valence electrons. The molecule has 0 bridgehead atoms. The van der Waals surface area contributed by atoms with Crippen molar-refractivity contribution in [1.29, 1.82) is 0 Å². The molecule has 2 rings (SSSR count). The first-order valence-electron chi connectivity index (χ1n) is 6.94. The van der Waals surface area contributed by atoms with E-state index in [4.69, 9.17) is 5.73 Å². The van der Waals surface area contributed by atoms with E-state index in [0.717, 1.165) is 30.2 Å². The maximum absolute atomic E-state index is 5.99. The van der Waals surface area contributed by atoms with E-state index in [1.807, 2.05) is 13.0 Å². The number of rotatable bonds is 4. The van der Waals surface area contributed by atoms with Crippen molar-refractivity contribution in [2.24, 2.45) is 0 Å². The Balaban J connectivity index is 1.79. The Kier molecular flexibility index (Phi) is 4.81. The highest BCUT2D eigenvalue weighted by Gasteiger charge is 2.08. The summed E-state index contributed by atoms with van der Waals surface area (Å²) in [6, 6.07) is 1.94. The fraction of sp³-hybridized carbons (Fsp3) is 0.643. The first-order valence-corrected chi connectivity index (χ1v) is 6.94. The van der Waals surface area contributed by atoms with E-state index in [1.54, 1.807) is 6.20 Å². The van der Waals surface area contributed by atoms with E-state index < -0.39 is 0 Å². The summed E-state index contributed by atoms with van der Waals surface area (Å²) in [5.74, 6) is 0.824. The molecule has 1 saturated heterocycles. The Morgan fingerprint density at radius 1 is 1.28 bits per heavy atom. The van der Waals surface area contributed by atoms with Gasteiger partial charge in [-0.1, -0.05) is 12.8 Å². The summed E-state index contributed by atoms with van der Waals surface area (Å²) >= 11 is 0. The summed E-state index contributed by atoms with van der Waals surface area (Å²) in [4.78, 5) is 6.82. The predicted octanol–water partition coefficient (Wildman–Crippen LogP) is 2.26. The van der Waals surface area contributed by atoms with E-state index >= 15 is 0 Å². The average Bonchev–Trinajstić information content (AvgIpc) is 2.63. The maximum atomic E-state index is 5.99. The summed E-state index contributed by atoms with van der Waals surface area (Å²) in [5.41, 5.74) is 7.85. The second kappa shape index (κ2) is 6.59. The zero-order valence-electron chi connectivity index (χ0n) is 11.3. The lowest BCUT2D eigenvalue weighted by Crippen LogP contribution is -2.30. The van der Waals surface area contributed by atoms with E-state index in [-0.39, 0.29) is 0 Å². The zero-order chi connectivity index (χ0) is 12.8. The number of anilines is 2. The molecule has 4 nitrogen and oxygen atoms in total. The molecule has 2 heterocycles. The highest BCUT2D eigenvalue weighted by Crippen LogP contribution is 2.18. The molecule has 0 aliphatic carbocycles. The molecule has 0 atom stereocenters. The van der Waals surface area contributed by atoms with Crippen LogP contribution in [0.25, 0.3) is 0 Å². The van der Waals surface area contributed by atoms with Gasteiger partial charge in [-0.2, -0.15) is 0 Å². The molecule has 4 heteroatoms. The largest absolute Gasteiger partial charge is 0.396 e. The van der Waals surface area contributed by atoms with Gasteiger partial charge in [0.15, 0.2) is 0 Å². The first kappa shape index (κ1) is 13.1. The second-order valence-electron chi connectivity index (χ2n) is 5.07. The molecule has 0 spiro atoms. The standard InChI is InChI=1S/C14H24N4/c1-12-6-7-16-14(13(12)15)17-8-11-18-9-4-2-3-5-10-18/h6-7H,2-5,8-11,15H2,1H3,(H,16,17). The molecule has 1 aromatic heterocycles. The number of nitrogen functional groups attached to an aromatic ring is 1. The van der Waals surface area contributed by atoms with Gasteiger partial charge >= 0.3 is 0 Å². The number of hydrogen-bond acceptors (Lipinski definition) is 4. The number of aryl methyl sites for hydroxylation is 1. The Hall–Kier alpha value is -1.29. The third-order valence-corrected chi connectivity index (χ3v) is 3.63. The monoisotopic (exact) mass is 248 g/mol. The third-order valence-electron chi connectivity index (χ3n) is 3.63. The average molecular weight is 248 g/mol. The molecule has 0 amide bonds. The van der Waals surface area contributed by atoms with Crippen molar-refractivity contribution in [3.05, 3.63) is 17.8 Å². The smallest absolute Gasteiger partial charge is 0.149 e. The number of nitrogens with zero attached hydrogens (tertiary/aromatic N) is 2. The lowest BCUT2D eigenvalue weighted by atomic mass is 10.2. The Bertz CT molecular complexity index is 370. The molecule has 3 N–H and O–H groups in total. The van der Waals surface area contributed by atoms with E-state index in [2.05, 4.69) is 15.2 Å². The maximum Gasteiger partial charge on any atom is 0.149 e. The van der Waals surface area contributed by atoms with Crippen LogP contribution in [-0.4, -0.2) is 36.1 Å². The Morgan fingerprint density at radius 3 is 2.72 bits per heavy atom. The van der Waals surface area contributed by atoms with Crippen LogP contribution in [0.15, 0.2) is 12.3 Å². The summed E-state index contributed by atoms with van der Waals surface area (Å²) in [6.07, 6.45) is 7.25. The number of nitrogens with one attached hydrogen (secondary N) is 1. The van der Waals surface area contributed by atoms with Crippen LogP contribution < -0.4 is 11.1 Å². The molecule has 1 aliphatic rings. The van der Waals surface area contributed by atoms with Crippen molar-refractivity contribution in [1.82, 2.24) is 9.88 Å².